The van der Waals surface area contributed by atoms with Crippen molar-refractivity contribution in [3.05, 3.63) is 54.3 Å². The van der Waals surface area contributed by atoms with Crippen molar-refractivity contribution in [1.82, 2.24) is 4.90 Å². The molecule has 26 heavy (non-hydrogen) atoms. The zero-order chi connectivity index (χ0) is 18.9. The van der Waals surface area contributed by atoms with Crippen LogP contribution in [0.4, 0.5) is 10.1 Å². The van der Waals surface area contributed by atoms with Gasteiger partial charge in [0.1, 0.15) is 17.3 Å². The number of carbonyl (C=O) groups is 2. The Labute approximate surface area is 151 Å². The number of likely N-dealkylation sites (N-methyl/N-ethyl adjacent to an activating group) is 1. The zero-order valence-corrected chi connectivity index (χ0v) is 14.7. The molecule has 0 bridgehead atoms. The van der Waals surface area contributed by atoms with Crippen LogP contribution in [0.5, 0.6) is 11.5 Å². The Morgan fingerprint density at radius 3 is 2.35 bits per heavy atom. The van der Waals surface area contributed by atoms with Gasteiger partial charge in [-0.3, -0.25) is 9.59 Å². The highest BCUT2D eigenvalue weighted by Crippen LogP contribution is 2.17. The molecule has 2 rings (SSSR count). The Morgan fingerprint density at radius 2 is 1.73 bits per heavy atom. The number of nitrogens with one attached hydrogen (secondary N) is 1. The lowest BCUT2D eigenvalue weighted by Crippen LogP contribution is -2.37. The maximum Gasteiger partial charge on any atom is 0.260 e. The van der Waals surface area contributed by atoms with Crippen molar-refractivity contribution >= 4 is 17.5 Å². The summed E-state index contributed by atoms with van der Waals surface area (Å²) in [5.74, 6) is 0.0218. The van der Waals surface area contributed by atoms with Crippen LogP contribution in [0.3, 0.4) is 0 Å². The first-order chi connectivity index (χ1) is 12.5. The summed E-state index contributed by atoms with van der Waals surface area (Å²) in [6, 6.07) is 12.4. The lowest BCUT2D eigenvalue weighted by molar-refractivity contribution is -0.135. The molecule has 0 fully saturated rings. The molecule has 7 heteroatoms. The van der Waals surface area contributed by atoms with Gasteiger partial charge >= 0.3 is 0 Å². The Morgan fingerprint density at radius 1 is 1.08 bits per heavy atom. The van der Waals surface area contributed by atoms with Gasteiger partial charge in [-0.05, 0) is 49.4 Å². The number of ether oxygens (including phenoxy) is 2. The summed E-state index contributed by atoms with van der Waals surface area (Å²) in [5.41, 5.74) is 0.335. The number of hydrogen-bond acceptors (Lipinski definition) is 4. The highest BCUT2D eigenvalue weighted by Gasteiger charge is 2.14. The number of anilines is 1. The molecule has 0 aliphatic heterocycles. The molecular formula is C19H21FN2O4. The second kappa shape index (κ2) is 9.41. The number of nitrogens with zero attached hydrogens (tertiary/aromatic N) is 1. The molecule has 2 aromatic carbocycles. The first kappa shape index (κ1) is 19.2. The Balaban J connectivity index is 1.78. The number of carbonyl (C=O) groups excluding carboxylic acids is 2. The summed E-state index contributed by atoms with van der Waals surface area (Å²) in [6.45, 7) is 2.10. The first-order valence-electron chi connectivity index (χ1n) is 8.13. The molecule has 6 nitrogen and oxygen atoms in total. The number of halogens is 1. The predicted octanol–water partition coefficient (Wildman–Crippen LogP) is 2.70. The van der Waals surface area contributed by atoms with E-state index in [0.29, 0.717) is 18.0 Å². The molecule has 0 saturated heterocycles. The fraction of sp³-hybridized carbons (Fsp3) is 0.263. The molecule has 0 aliphatic carbocycles. The second-order valence-corrected chi connectivity index (χ2v) is 5.50. The topological polar surface area (TPSA) is 67.9 Å². The van der Waals surface area contributed by atoms with Crippen molar-refractivity contribution < 1.29 is 23.5 Å². The Hall–Kier alpha value is -3.09. The standard InChI is InChI=1S/C19H21FN2O4/c1-3-25-16-7-9-17(10-8-16)26-13-19(24)22(2)12-18(23)21-15-6-4-5-14(20)11-15/h4-11H,3,12-13H2,1-2H3,(H,21,23). The van der Waals surface area contributed by atoms with Crippen molar-refractivity contribution in [3.8, 4) is 11.5 Å². The minimum absolute atomic E-state index is 0.165. The lowest BCUT2D eigenvalue weighted by atomic mass is 10.3. The van der Waals surface area contributed by atoms with E-state index in [1.54, 1.807) is 30.3 Å². The Kier molecular flexibility index (Phi) is 6.96. The van der Waals surface area contributed by atoms with Crippen molar-refractivity contribution in [3.63, 3.8) is 0 Å². The maximum atomic E-state index is 13.1. The summed E-state index contributed by atoms with van der Waals surface area (Å²) >= 11 is 0. The van der Waals surface area contributed by atoms with Crippen LogP contribution in [0.25, 0.3) is 0 Å². The van der Waals surface area contributed by atoms with Gasteiger partial charge in [0, 0.05) is 12.7 Å². The molecule has 0 aliphatic rings. The molecule has 0 aromatic heterocycles. The summed E-state index contributed by atoms with van der Waals surface area (Å²) in [7, 11) is 1.50. The molecule has 1 N–H and O–H groups in total. The van der Waals surface area contributed by atoms with Crippen LogP contribution < -0.4 is 14.8 Å². The van der Waals surface area contributed by atoms with Crippen LogP contribution in [-0.2, 0) is 9.59 Å². The SMILES string of the molecule is CCOc1ccc(OCC(=O)N(C)CC(=O)Nc2cccc(F)c2)cc1. The average Bonchev–Trinajstić information content (AvgIpc) is 2.61. The summed E-state index contributed by atoms with van der Waals surface area (Å²) < 4.78 is 23.8. The molecule has 138 valence electrons. The molecule has 0 spiro atoms. The molecule has 0 radical (unpaired) electrons. The first-order valence-corrected chi connectivity index (χ1v) is 8.13. The fourth-order valence-electron chi connectivity index (χ4n) is 2.12. The van der Waals surface area contributed by atoms with E-state index in [1.807, 2.05) is 6.92 Å². The minimum atomic E-state index is -0.448. The van der Waals surface area contributed by atoms with E-state index in [4.69, 9.17) is 9.47 Å². The van der Waals surface area contributed by atoms with E-state index in [2.05, 4.69) is 5.32 Å². The van der Waals surface area contributed by atoms with E-state index in [0.717, 1.165) is 5.75 Å². The van der Waals surface area contributed by atoms with Gasteiger partial charge in [0.15, 0.2) is 6.61 Å². The van der Waals surface area contributed by atoms with Crippen molar-refractivity contribution in [2.45, 2.75) is 6.92 Å². The van der Waals surface area contributed by atoms with Crippen molar-refractivity contribution in [1.29, 1.82) is 0 Å². The van der Waals surface area contributed by atoms with E-state index in [-0.39, 0.29) is 19.1 Å². The van der Waals surface area contributed by atoms with Crippen LogP contribution in [-0.4, -0.2) is 43.5 Å². The quantitative estimate of drug-likeness (QED) is 0.786. The van der Waals surface area contributed by atoms with Gasteiger partial charge in [-0.1, -0.05) is 6.07 Å². The molecule has 0 atom stereocenters. The van der Waals surface area contributed by atoms with Gasteiger partial charge < -0.3 is 19.7 Å². The van der Waals surface area contributed by atoms with Gasteiger partial charge in [-0.25, -0.2) is 4.39 Å². The lowest BCUT2D eigenvalue weighted by Gasteiger charge is -2.17. The second-order valence-electron chi connectivity index (χ2n) is 5.50. The summed E-state index contributed by atoms with van der Waals surface area (Å²) in [6.07, 6.45) is 0. The van der Waals surface area contributed by atoms with Gasteiger partial charge in [-0.2, -0.15) is 0 Å². The number of amides is 2. The van der Waals surface area contributed by atoms with Crippen LogP contribution >= 0.6 is 0 Å². The van der Waals surface area contributed by atoms with Crippen molar-refractivity contribution in [2.24, 2.45) is 0 Å². The van der Waals surface area contributed by atoms with Crippen LogP contribution in [0.1, 0.15) is 6.92 Å². The predicted molar refractivity (Wildman–Crippen MR) is 95.8 cm³/mol. The fourth-order valence-corrected chi connectivity index (χ4v) is 2.12. The smallest absolute Gasteiger partial charge is 0.260 e. The molecule has 0 unspecified atom stereocenters. The van der Waals surface area contributed by atoms with Crippen LogP contribution in [0.15, 0.2) is 48.5 Å². The molecule has 2 aromatic rings. The maximum absolute atomic E-state index is 13.1. The van der Waals surface area contributed by atoms with Crippen LogP contribution in [0.2, 0.25) is 0 Å². The highest BCUT2D eigenvalue weighted by molar-refractivity contribution is 5.94. The number of rotatable bonds is 8. The normalized spacial score (nSPS) is 10.1. The minimum Gasteiger partial charge on any atom is -0.494 e. The highest BCUT2D eigenvalue weighted by atomic mass is 19.1. The molecular weight excluding hydrogens is 339 g/mol. The van der Waals surface area contributed by atoms with Crippen molar-refractivity contribution in [2.75, 3.05) is 32.1 Å². The summed E-state index contributed by atoms with van der Waals surface area (Å²) in [4.78, 5) is 25.2. The van der Waals surface area contributed by atoms with E-state index in [1.165, 1.54) is 30.1 Å². The van der Waals surface area contributed by atoms with E-state index < -0.39 is 11.7 Å². The van der Waals surface area contributed by atoms with Gasteiger partial charge in [0.2, 0.25) is 5.91 Å². The van der Waals surface area contributed by atoms with E-state index in [9.17, 15) is 14.0 Å². The van der Waals surface area contributed by atoms with Crippen LogP contribution in [0, 0.1) is 5.82 Å². The van der Waals surface area contributed by atoms with Gasteiger partial charge in [0.05, 0.1) is 13.2 Å². The Bertz CT molecular complexity index is 749. The third kappa shape index (κ3) is 6.08. The number of benzene rings is 2. The third-order valence-electron chi connectivity index (χ3n) is 3.41. The average molecular weight is 360 g/mol. The monoisotopic (exact) mass is 360 g/mol. The van der Waals surface area contributed by atoms with Gasteiger partial charge in [-0.15, -0.1) is 0 Å². The summed E-state index contributed by atoms with van der Waals surface area (Å²) in [5, 5.41) is 2.53. The molecule has 0 saturated carbocycles. The third-order valence-corrected chi connectivity index (χ3v) is 3.41. The largest absolute Gasteiger partial charge is 0.494 e. The zero-order valence-electron chi connectivity index (χ0n) is 14.7. The van der Waals surface area contributed by atoms with Gasteiger partial charge in [0.25, 0.3) is 5.91 Å². The van der Waals surface area contributed by atoms with E-state index >= 15 is 0 Å². The molecule has 0 heterocycles. The number of hydrogen-bond donors (Lipinski definition) is 1. The molecule has 2 amide bonds.